The monoisotopic (exact) mass is 456 g/mol. The zero-order valence-corrected chi connectivity index (χ0v) is 19.6. The van der Waals surface area contributed by atoms with E-state index in [9.17, 15) is 18.0 Å². The highest BCUT2D eigenvalue weighted by atomic mass is 19.4. The maximum Gasteiger partial charge on any atom is 0.416 e. The summed E-state index contributed by atoms with van der Waals surface area (Å²) in [5.74, 6) is 0.853. The molecule has 182 valence electrons. The van der Waals surface area contributed by atoms with Crippen molar-refractivity contribution in [2.75, 3.05) is 20.1 Å². The Balaban J connectivity index is 1.60. The Hall–Kier alpha value is -1.76. The van der Waals surface area contributed by atoms with Crippen molar-refractivity contribution in [2.45, 2.75) is 89.8 Å². The summed E-state index contributed by atoms with van der Waals surface area (Å²) in [5, 5.41) is 3.51. The van der Waals surface area contributed by atoms with Gasteiger partial charge >= 0.3 is 12.3 Å². The van der Waals surface area contributed by atoms with Gasteiger partial charge in [-0.05, 0) is 81.8 Å². The molecule has 0 radical (unpaired) electrons. The van der Waals surface area contributed by atoms with Crippen molar-refractivity contribution in [1.29, 1.82) is 0 Å². The number of carbonyl (C=O) groups is 1. The van der Waals surface area contributed by atoms with Gasteiger partial charge in [0.05, 0.1) is 5.56 Å². The molecule has 1 fully saturated rings. The van der Waals surface area contributed by atoms with Crippen molar-refractivity contribution < 1.29 is 22.7 Å². The molecule has 1 N–H and O–H groups in total. The zero-order chi connectivity index (χ0) is 23.4. The number of amides is 1. The molecule has 0 saturated heterocycles. The van der Waals surface area contributed by atoms with Crippen molar-refractivity contribution in [3.05, 3.63) is 29.8 Å². The lowest BCUT2D eigenvalue weighted by molar-refractivity contribution is -0.137. The molecule has 0 spiro atoms. The minimum Gasteiger partial charge on any atom is -0.410 e. The highest BCUT2D eigenvalue weighted by molar-refractivity contribution is 5.70. The summed E-state index contributed by atoms with van der Waals surface area (Å²) < 4.78 is 43.2. The Morgan fingerprint density at radius 3 is 2.22 bits per heavy atom. The molecule has 0 bridgehead atoms. The third-order valence-electron chi connectivity index (χ3n) is 6.46. The molecule has 1 amide bonds. The van der Waals surface area contributed by atoms with Crippen LogP contribution in [-0.4, -0.2) is 37.2 Å². The Bertz CT molecular complexity index is 656. The number of rotatable bonds is 12. The van der Waals surface area contributed by atoms with E-state index in [0.29, 0.717) is 0 Å². The second kappa shape index (κ2) is 13.7. The Morgan fingerprint density at radius 1 is 1.00 bits per heavy atom. The molecule has 1 saturated carbocycles. The van der Waals surface area contributed by atoms with Gasteiger partial charge < -0.3 is 15.0 Å². The van der Waals surface area contributed by atoms with Crippen LogP contribution in [0.3, 0.4) is 0 Å². The molecule has 32 heavy (non-hydrogen) atoms. The van der Waals surface area contributed by atoms with Crippen molar-refractivity contribution >= 4 is 6.09 Å². The highest BCUT2D eigenvalue weighted by Gasteiger charge is 2.31. The van der Waals surface area contributed by atoms with Crippen LogP contribution in [0.1, 0.15) is 83.1 Å². The van der Waals surface area contributed by atoms with E-state index in [1.165, 1.54) is 57.1 Å². The lowest BCUT2D eigenvalue weighted by atomic mass is 9.82. The topological polar surface area (TPSA) is 41.6 Å². The molecular weight excluding hydrogens is 417 g/mol. The number of alkyl halides is 3. The highest BCUT2D eigenvalue weighted by Crippen LogP contribution is 2.32. The standard InChI is InChI=1S/C25H39F3N2O2/c1-3-4-7-18-29-19-8-5-6-9-20-10-14-22(15-11-20)30(2)24(31)32-23-16-12-21(13-17-23)25(26,27)28/h12-13,16-17,20,22,29H,3-11,14-15,18-19H2,1-2H3/t20-,22-. The number of nitrogens with zero attached hydrogens (tertiary/aromatic N) is 1. The molecular formula is C25H39F3N2O2. The fourth-order valence-corrected chi connectivity index (χ4v) is 4.34. The van der Waals surface area contributed by atoms with Crippen molar-refractivity contribution in [2.24, 2.45) is 5.92 Å². The minimum absolute atomic E-state index is 0.125. The first kappa shape index (κ1) is 26.5. The quantitative estimate of drug-likeness (QED) is 0.343. The summed E-state index contributed by atoms with van der Waals surface area (Å²) >= 11 is 0. The average Bonchev–Trinajstić information content (AvgIpc) is 2.77. The van der Waals surface area contributed by atoms with Gasteiger partial charge in [0, 0.05) is 13.1 Å². The van der Waals surface area contributed by atoms with Crippen LogP contribution in [0.5, 0.6) is 5.75 Å². The minimum atomic E-state index is -4.40. The Morgan fingerprint density at radius 2 is 1.62 bits per heavy atom. The molecule has 1 aromatic carbocycles. The predicted octanol–water partition coefficient (Wildman–Crippen LogP) is 7.04. The van der Waals surface area contributed by atoms with Crippen LogP contribution in [0.15, 0.2) is 24.3 Å². The summed E-state index contributed by atoms with van der Waals surface area (Å²) in [5.41, 5.74) is -0.757. The number of unbranched alkanes of at least 4 members (excludes halogenated alkanes) is 4. The van der Waals surface area contributed by atoms with Crippen LogP contribution in [0.2, 0.25) is 0 Å². The van der Waals surface area contributed by atoms with Gasteiger partial charge in [0.2, 0.25) is 0 Å². The molecule has 1 aromatic rings. The number of hydrogen-bond donors (Lipinski definition) is 1. The van der Waals surface area contributed by atoms with Gasteiger partial charge in [-0.25, -0.2) is 4.79 Å². The molecule has 2 rings (SSSR count). The van der Waals surface area contributed by atoms with Crippen LogP contribution < -0.4 is 10.1 Å². The summed E-state index contributed by atoms with van der Waals surface area (Å²) in [7, 11) is 1.71. The van der Waals surface area contributed by atoms with E-state index in [2.05, 4.69) is 12.2 Å². The maximum atomic E-state index is 12.7. The summed E-state index contributed by atoms with van der Waals surface area (Å²) in [4.78, 5) is 14.0. The largest absolute Gasteiger partial charge is 0.416 e. The van der Waals surface area contributed by atoms with Gasteiger partial charge in [-0.15, -0.1) is 0 Å². The van der Waals surface area contributed by atoms with E-state index in [-0.39, 0.29) is 11.8 Å². The second-order valence-corrected chi connectivity index (χ2v) is 8.98. The van der Waals surface area contributed by atoms with E-state index in [0.717, 1.165) is 56.8 Å². The third kappa shape index (κ3) is 9.39. The molecule has 7 heteroatoms. The van der Waals surface area contributed by atoms with Crippen molar-refractivity contribution in [3.8, 4) is 5.75 Å². The lowest BCUT2D eigenvalue weighted by Crippen LogP contribution is -2.41. The van der Waals surface area contributed by atoms with Gasteiger partial charge in [-0.2, -0.15) is 13.2 Å². The number of benzene rings is 1. The Kier molecular flexibility index (Phi) is 11.4. The molecule has 0 heterocycles. The number of carbonyl (C=O) groups excluding carboxylic acids is 1. The lowest BCUT2D eigenvalue weighted by Gasteiger charge is -2.34. The summed E-state index contributed by atoms with van der Waals surface area (Å²) in [6.45, 7) is 4.47. The third-order valence-corrected chi connectivity index (χ3v) is 6.46. The number of halogens is 3. The molecule has 0 unspecified atom stereocenters. The zero-order valence-electron chi connectivity index (χ0n) is 19.6. The molecule has 0 aliphatic heterocycles. The maximum absolute atomic E-state index is 12.7. The van der Waals surface area contributed by atoms with Crippen LogP contribution in [0.25, 0.3) is 0 Å². The van der Waals surface area contributed by atoms with Crippen molar-refractivity contribution in [1.82, 2.24) is 10.2 Å². The van der Waals surface area contributed by atoms with E-state index in [1.807, 2.05) is 0 Å². The Labute approximate surface area is 190 Å². The smallest absolute Gasteiger partial charge is 0.410 e. The molecule has 0 atom stereocenters. The van der Waals surface area contributed by atoms with E-state index in [4.69, 9.17) is 4.74 Å². The number of hydrogen-bond acceptors (Lipinski definition) is 3. The molecule has 4 nitrogen and oxygen atoms in total. The fraction of sp³-hybridized carbons (Fsp3) is 0.720. The first-order valence-corrected chi connectivity index (χ1v) is 12.1. The summed E-state index contributed by atoms with van der Waals surface area (Å²) in [6.07, 6.45) is 8.05. The second-order valence-electron chi connectivity index (χ2n) is 8.98. The van der Waals surface area contributed by atoms with Gasteiger partial charge in [0.15, 0.2) is 0 Å². The van der Waals surface area contributed by atoms with Gasteiger partial charge in [-0.3, -0.25) is 0 Å². The normalized spacial score (nSPS) is 19.0. The first-order valence-electron chi connectivity index (χ1n) is 12.1. The first-order chi connectivity index (χ1) is 15.3. The predicted molar refractivity (Wildman–Crippen MR) is 122 cm³/mol. The average molecular weight is 457 g/mol. The van der Waals surface area contributed by atoms with Crippen LogP contribution in [0, 0.1) is 5.92 Å². The van der Waals surface area contributed by atoms with Gasteiger partial charge in [0.1, 0.15) is 5.75 Å². The molecule has 0 aromatic heterocycles. The summed E-state index contributed by atoms with van der Waals surface area (Å²) in [6, 6.07) is 4.35. The van der Waals surface area contributed by atoms with Crippen molar-refractivity contribution in [3.63, 3.8) is 0 Å². The molecule has 1 aliphatic carbocycles. The number of nitrogens with one attached hydrogen (secondary N) is 1. The SMILES string of the molecule is CCCCCNCCCCC[C@H]1CC[C@H](N(C)C(=O)Oc2ccc(C(F)(F)F)cc2)CC1. The van der Waals surface area contributed by atoms with Gasteiger partial charge in [0.25, 0.3) is 0 Å². The van der Waals surface area contributed by atoms with Gasteiger partial charge in [-0.1, -0.05) is 39.0 Å². The van der Waals surface area contributed by atoms with E-state index < -0.39 is 17.8 Å². The van der Waals surface area contributed by atoms with Crippen LogP contribution in [-0.2, 0) is 6.18 Å². The van der Waals surface area contributed by atoms with Crippen LogP contribution >= 0.6 is 0 Å². The van der Waals surface area contributed by atoms with E-state index in [1.54, 1.807) is 11.9 Å². The van der Waals surface area contributed by atoms with Crippen LogP contribution in [0.4, 0.5) is 18.0 Å². The molecule has 1 aliphatic rings. The number of ether oxygens (including phenoxy) is 1. The van der Waals surface area contributed by atoms with E-state index >= 15 is 0 Å². The fourth-order valence-electron chi connectivity index (χ4n) is 4.34.